The van der Waals surface area contributed by atoms with E-state index in [2.05, 4.69) is 10.3 Å². The lowest BCUT2D eigenvalue weighted by atomic mass is 10.2. The van der Waals surface area contributed by atoms with Crippen LogP contribution in [0, 0.1) is 0 Å². The first-order chi connectivity index (χ1) is 7.97. The average molecular weight is 249 g/mol. The fourth-order valence-corrected chi connectivity index (χ4v) is 1.28. The Morgan fingerprint density at radius 3 is 2.76 bits per heavy atom. The van der Waals surface area contributed by atoms with Crippen LogP contribution >= 0.6 is 0 Å². The second-order valence-electron chi connectivity index (χ2n) is 3.46. The molecule has 0 saturated heterocycles. The molecular formula is C10H14F3N3O. The van der Waals surface area contributed by atoms with Gasteiger partial charge in [0.25, 0.3) is 0 Å². The quantitative estimate of drug-likeness (QED) is 0.830. The topological polar surface area (TPSA) is 60.2 Å². The van der Waals surface area contributed by atoms with Crippen molar-refractivity contribution >= 4 is 5.69 Å². The van der Waals surface area contributed by atoms with Crippen molar-refractivity contribution in [3.8, 4) is 0 Å². The van der Waals surface area contributed by atoms with Gasteiger partial charge in [-0.15, -0.1) is 0 Å². The second-order valence-corrected chi connectivity index (χ2v) is 3.46. The molecule has 17 heavy (non-hydrogen) atoms. The number of methoxy groups -OCH3 is 1. The molecular weight excluding hydrogens is 235 g/mol. The van der Waals surface area contributed by atoms with Gasteiger partial charge in [0.15, 0.2) is 0 Å². The van der Waals surface area contributed by atoms with Crippen LogP contribution in [0.2, 0.25) is 0 Å². The predicted molar refractivity (Wildman–Crippen MR) is 57.6 cm³/mol. The molecule has 0 amide bonds. The summed E-state index contributed by atoms with van der Waals surface area (Å²) in [4.78, 5) is 3.26. The lowest BCUT2D eigenvalue weighted by Gasteiger charge is -2.17. The largest absolute Gasteiger partial charge is 0.433 e. The van der Waals surface area contributed by atoms with Crippen LogP contribution in [0.3, 0.4) is 0 Å². The maximum Gasteiger partial charge on any atom is 0.433 e. The van der Waals surface area contributed by atoms with E-state index in [-0.39, 0.29) is 12.6 Å². The third-order valence-corrected chi connectivity index (χ3v) is 2.07. The van der Waals surface area contributed by atoms with Crippen LogP contribution in [0.15, 0.2) is 18.3 Å². The van der Waals surface area contributed by atoms with Crippen molar-refractivity contribution in [2.24, 2.45) is 5.73 Å². The molecule has 1 atom stereocenters. The third-order valence-electron chi connectivity index (χ3n) is 2.07. The Bertz CT molecular complexity index is 357. The second kappa shape index (κ2) is 5.83. The van der Waals surface area contributed by atoms with Crippen molar-refractivity contribution in [1.82, 2.24) is 4.98 Å². The van der Waals surface area contributed by atoms with E-state index in [1.807, 2.05) is 0 Å². The van der Waals surface area contributed by atoms with Crippen LogP contribution in [0.5, 0.6) is 0 Å². The normalized spacial score (nSPS) is 13.5. The number of aromatic nitrogens is 1. The van der Waals surface area contributed by atoms with E-state index in [4.69, 9.17) is 10.5 Å². The predicted octanol–water partition coefficient (Wildman–Crippen LogP) is 1.49. The van der Waals surface area contributed by atoms with Crippen molar-refractivity contribution in [3.05, 3.63) is 24.0 Å². The van der Waals surface area contributed by atoms with Gasteiger partial charge in [-0.1, -0.05) is 0 Å². The van der Waals surface area contributed by atoms with Gasteiger partial charge in [0, 0.05) is 25.5 Å². The van der Waals surface area contributed by atoms with Gasteiger partial charge in [-0.25, -0.2) is 0 Å². The van der Waals surface area contributed by atoms with Crippen molar-refractivity contribution in [2.75, 3.05) is 25.6 Å². The standard InChI is InChI=1S/C10H14F3N3O/c1-17-6-8(5-14)16-7-2-3-15-9(4-7)10(11,12)13/h2-4,8H,5-6,14H2,1H3,(H,15,16). The summed E-state index contributed by atoms with van der Waals surface area (Å²) >= 11 is 0. The number of nitrogens with zero attached hydrogens (tertiary/aromatic N) is 1. The first-order valence-electron chi connectivity index (χ1n) is 4.96. The number of hydrogen-bond acceptors (Lipinski definition) is 4. The molecule has 0 radical (unpaired) electrons. The van der Waals surface area contributed by atoms with Gasteiger partial charge >= 0.3 is 6.18 Å². The van der Waals surface area contributed by atoms with E-state index in [1.54, 1.807) is 0 Å². The summed E-state index contributed by atoms with van der Waals surface area (Å²) in [6.45, 7) is 0.581. The minimum atomic E-state index is -4.45. The highest BCUT2D eigenvalue weighted by Gasteiger charge is 2.32. The minimum absolute atomic E-state index is 0.233. The SMILES string of the molecule is COCC(CN)Nc1ccnc(C(F)(F)F)c1. The van der Waals surface area contributed by atoms with E-state index in [9.17, 15) is 13.2 Å². The summed E-state index contributed by atoms with van der Waals surface area (Å²) in [7, 11) is 1.50. The van der Waals surface area contributed by atoms with E-state index in [1.165, 1.54) is 13.2 Å². The number of ether oxygens (including phenoxy) is 1. The summed E-state index contributed by atoms with van der Waals surface area (Å²) < 4.78 is 42.1. The first-order valence-corrected chi connectivity index (χ1v) is 4.96. The number of hydrogen-bond donors (Lipinski definition) is 2. The molecule has 0 aliphatic heterocycles. The number of alkyl halides is 3. The fraction of sp³-hybridized carbons (Fsp3) is 0.500. The Balaban J connectivity index is 2.78. The molecule has 7 heteroatoms. The summed E-state index contributed by atoms with van der Waals surface area (Å²) in [6.07, 6.45) is -3.34. The van der Waals surface area contributed by atoms with E-state index < -0.39 is 11.9 Å². The molecule has 0 aliphatic rings. The van der Waals surface area contributed by atoms with Gasteiger partial charge in [0.1, 0.15) is 5.69 Å². The van der Waals surface area contributed by atoms with Crippen molar-refractivity contribution in [2.45, 2.75) is 12.2 Å². The summed E-state index contributed by atoms with van der Waals surface area (Å²) in [6, 6.07) is 2.16. The van der Waals surface area contributed by atoms with Crippen LogP contribution < -0.4 is 11.1 Å². The Morgan fingerprint density at radius 1 is 1.53 bits per heavy atom. The molecule has 1 aromatic rings. The van der Waals surface area contributed by atoms with Gasteiger partial charge in [-0.05, 0) is 12.1 Å². The molecule has 1 heterocycles. The molecule has 1 aromatic heterocycles. The number of nitrogens with two attached hydrogens (primary N) is 1. The monoisotopic (exact) mass is 249 g/mol. The minimum Gasteiger partial charge on any atom is -0.383 e. The zero-order valence-corrected chi connectivity index (χ0v) is 9.29. The van der Waals surface area contributed by atoms with Crippen LogP contribution in [0.4, 0.5) is 18.9 Å². The van der Waals surface area contributed by atoms with E-state index in [0.29, 0.717) is 12.3 Å². The molecule has 0 fully saturated rings. The maximum atomic E-state index is 12.4. The number of rotatable bonds is 5. The number of nitrogens with one attached hydrogen (secondary N) is 1. The molecule has 96 valence electrons. The van der Waals surface area contributed by atoms with Crippen LogP contribution in [0.1, 0.15) is 5.69 Å². The fourth-order valence-electron chi connectivity index (χ4n) is 1.28. The van der Waals surface area contributed by atoms with Gasteiger partial charge in [-0.2, -0.15) is 13.2 Å². The Labute approximate surface area is 97.0 Å². The van der Waals surface area contributed by atoms with E-state index in [0.717, 1.165) is 12.3 Å². The molecule has 0 saturated carbocycles. The maximum absolute atomic E-state index is 12.4. The summed E-state index contributed by atoms with van der Waals surface area (Å²) in [5, 5.41) is 2.85. The first kappa shape index (κ1) is 13.7. The Morgan fingerprint density at radius 2 is 2.24 bits per heavy atom. The van der Waals surface area contributed by atoms with Gasteiger partial charge < -0.3 is 15.8 Å². The molecule has 0 bridgehead atoms. The smallest absolute Gasteiger partial charge is 0.383 e. The molecule has 0 aromatic carbocycles. The number of pyridine rings is 1. The van der Waals surface area contributed by atoms with Crippen molar-refractivity contribution in [1.29, 1.82) is 0 Å². The lowest BCUT2D eigenvalue weighted by molar-refractivity contribution is -0.141. The highest BCUT2D eigenvalue weighted by molar-refractivity contribution is 5.44. The van der Waals surface area contributed by atoms with Crippen molar-refractivity contribution in [3.63, 3.8) is 0 Å². The number of halogens is 3. The Kier molecular flexibility index (Phi) is 4.71. The Hall–Kier alpha value is -1.34. The molecule has 0 aliphatic carbocycles. The zero-order chi connectivity index (χ0) is 12.9. The summed E-state index contributed by atoms with van der Waals surface area (Å²) in [5.74, 6) is 0. The van der Waals surface area contributed by atoms with E-state index >= 15 is 0 Å². The van der Waals surface area contributed by atoms with Crippen LogP contribution in [-0.4, -0.2) is 31.3 Å². The molecule has 0 spiro atoms. The van der Waals surface area contributed by atoms with Gasteiger partial charge in [-0.3, -0.25) is 4.98 Å². The molecule has 4 nitrogen and oxygen atoms in total. The van der Waals surface area contributed by atoms with Crippen LogP contribution in [0.25, 0.3) is 0 Å². The number of anilines is 1. The molecule has 3 N–H and O–H groups in total. The highest BCUT2D eigenvalue weighted by Crippen LogP contribution is 2.28. The van der Waals surface area contributed by atoms with Crippen LogP contribution in [-0.2, 0) is 10.9 Å². The zero-order valence-electron chi connectivity index (χ0n) is 9.29. The third kappa shape index (κ3) is 4.20. The summed E-state index contributed by atoms with van der Waals surface area (Å²) in [5.41, 5.74) is 4.83. The highest BCUT2D eigenvalue weighted by atomic mass is 19.4. The van der Waals surface area contributed by atoms with Crippen molar-refractivity contribution < 1.29 is 17.9 Å². The van der Waals surface area contributed by atoms with Gasteiger partial charge in [0.2, 0.25) is 0 Å². The molecule has 1 unspecified atom stereocenters. The molecule has 1 rings (SSSR count). The lowest BCUT2D eigenvalue weighted by Crippen LogP contribution is -2.33. The van der Waals surface area contributed by atoms with Gasteiger partial charge in [0.05, 0.1) is 12.6 Å². The average Bonchev–Trinajstić information content (AvgIpc) is 2.28.